The second-order valence-electron chi connectivity index (χ2n) is 4.25. The molecule has 0 atom stereocenters. The van der Waals surface area contributed by atoms with Gasteiger partial charge in [-0.25, -0.2) is 19.6 Å². The van der Waals surface area contributed by atoms with Crippen LogP contribution < -0.4 is 0 Å². The van der Waals surface area contributed by atoms with E-state index >= 15 is 0 Å². The lowest BCUT2D eigenvalue weighted by Gasteiger charge is -2.00. The summed E-state index contributed by atoms with van der Waals surface area (Å²) in [6.45, 7) is 0. The molecule has 3 rings (SSSR count). The fourth-order valence-electron chi connectivity index (χ4n) is 1.99. The van der Waals surface area contributed by atoms with Crippen molar-refractivity contribution in [2.45, 2.75) is 0 Å². The fourth-order valence-corrected chi connectivity index (χ4v) is 2.93. The first kappa shape index (κ1) is 14.1. The highest BCUT2D eigenvalue weighted by Gasteiger charge is 2.21. The van der Waals surface area contributed by atoms with Gasteiger partial charge in [-0.1, -0.05) is 30.3 Å². The maximum atomic E-state index is 11.8. The molecule has 0 saturated heterocycles. The number of hydrogen-bond donors (Lipinski definition) is 0. The number of aliphatic imine (C=N–C) groups is 1. The van der Waals surface area contributed by atoms with Crippen LogP contribution in [0.3, 0.4) is 0 Å². The number of benzene rings is 1. The Morgan fingerprint density at radius 2 is 2.09 bits per heavy atom. The zero-order valence-electron chi connectivity index (χ0n) is 11.4. The van der Waals surface area contributed by atoms with Crippen LogP contribution in [0.5, 0.6) is 0 Å². The molecule has 0 radical (unpaired) electrons. The molecule has 3 aromatic rings. The molecule has 0 fully saturated rings. The molecule has 1 aromatic carbocycles. The summed E-state index contributed by atoms with van der Waals surface area (Å²) in [6.07, 6.45) is 3.06. The highest BCUT2D eigenvalue weighted by atomic mass is 32.1. The van der Waals surface area contributed by atoms with E-state index in [1.54, 1.807) is 6.20 Å². The molecule has 0 saturated carbocycles. The Labute approximate surface area is 129 Å². The molecule has 0 amide bonds. The van der Waals surface area contributed by atoms with Crippen LogP contribution in [-0.4, -0.2) is 29.1 Å². The van der Waals surface area contributed by atoms with Crippen molar-refractivity contribution in [3.63, 3.8) is 0 Å². The van der Waals surface area contributed by atoms with Crippen LogP contribution in [0.4, 0.5) is 5.69 Å². The minimum Gasteiger partial charge on any atom is -0.465 e. The van der Waals surface area contributed by atoms with Crippen LogP contribution >= 0.6 is 11.3 Å². The summed E-state index contributed by atoms with van der Waals surface area (Å²) < 4.78 is 4.69. The molecule has 108 valence electrons. The Kier molecular flexibility index (Phi) is 3.74. The molecule has 6 nitrogen and oxygen atoms in total. The van der Waals surface area contributed by atoms with Gasteiger partial charge in [-0.2, -0.15) is 4.99 Å². The number of thiophene rings is 1. The van der Waals surface area contributed by atoms with Gasteiger partial charge in [0.1, 0.15) is 20.9 Å². The average molecular weight is 311 g/mol. The van der Waals surface area contributed by atoms with Gasteiger partial charge < -0.3 is 4.74 Å². The highest BCUT2D eigenvalue weighted by molar-refractivity contribution is 7.21. The quantitative estimate of drug-likeness (QED) is 0.422. The maximum absolute atomic E-state index is 11.8. The molecule has 0 unspecified atom stereocenters. The van der Waals surface area contributed by atoms with Crippen LogP contribution in [0, 0.1) is 0 Å². The molecule has 2 aromatic heterocycles. The Morgan fingerprint density at radius 1 is 1.32 bits per heavy atom. The van der Waals surface area contributed by atoms with Crippen molar-refractivity contribution in [2.75, 3.05) is 7.11 Å². The smallest absolute Gasteiger partial charge is 0.350 e. The summed E-state index contributed by atoms with van der Waals surface area (Å²) >= 11 is 1.08. The van der Waals surface area contributed by atoms with E-state index in [0.29, 0.717) is 16.0 Å². The van der Waals surface area contributed by atoms with Crippen LogP contribution in [-0.2, 0) is 9.53 Å². The van der Waals surface area contributed by atoms with Gasteiger partial charge in [0.15, 0.2) is 0 Å². The van der Waals surface area contributed by atoms with Crippen LogP contribution in [0.15, 0.2) is 41.5 Å². The number of carbonyl (C=O) groups excluding carboxylic acids is 2. The summed E-state index contributed by atoms with van der Waals surface area (Å²) in [4.78, 5) is 35.5. The molecule has 0 N–H and O–H groups in total. The van der Waals surface area contributed by atoms with Crippen LogP contribution in [0.2, 0.25) is 0 Å². The van der Waals surface area contributed by atoms with Gasteiger partial charge in [-0.3, -0.25) is 0 Å². The number of isocyanates is 1. The average Bonchev–Trinajstić information content (AvgIpc) is 2.93. The van der Waals surface area contributed by atoms with Crippen molar-refractivity contribution in [3.8, 4) is 11.3 Å². The van der Waals surface area contributed by atoms with Gasteiger partial charge in [-0.15, -0.1) is 11.3 Å². The van der Waals surface area contributed by atoms with Gasteiger partial charge in [0.25, 0.3) is 0 Å². The third-order valence-electron chi connectivity index (χ3n) is 2.97. The molecule has 7 heteroatoms. The number of nitrogens with zero attached hydrogens (tertiary/aromatic N) is 3. The summed E-state index contributed by atoms with van der Waals surface area (Å²) in [5.41, 5.74) is 2.04. The van der Waals surface area contributed by atoms with E-state index in [1.165, 1.54) is 13.2 Å². The SMILES string of the molecule is COC(=O)c1sc2ncc(-c3ccccc3)nc2c1N=C=O. The van der Waals surface area contributed by atoms with E-state index in [4.69, 9.17) is 4.74 Å². The third kappa shape index (κ3) is 2.39. The molecule has 0 aliphatic carbocycles. The molecule has 2 heterocycles. The lowest BCUT2D eigenvalue weighted by molar-refractivity contribution is 0.0607. The second kappa shape index (κ2) is 5.85. The number of fused-ring (bicyclic) bond motifs is 1. The van der Waals surface area contributed by atoms with E-state index in [-0.39, 0.29) is 10.6 Å². The monoisotopic (exact) mass is 311 g/mol. The first-order chi connectivity index (χ1) is 10.7. The number of ether oxygens (including phenoxy) is 1. The standard InChI is InChI=1S/C15H9N3O3S/c1-21-15(20)13-11(17-8-19)12-14(22-13)16-7-10(18-12)9-5-3-2-4-6-9/h2-7H,1H3. The lowest BCUT2D eigenvalue weighted by Crippen LogP contribution is -1.97. The highest BCUT2D eigenvalue weighted by Crippen LogP contribution is 2.36. The van der Waals surface area contributed by atoms with E-state index in [9.17, 15) is 9.59 Å². The van der Waals surface area contributed by atoms with Crippen LogP contribution in [0.1, 0.15) is 9.67 Å². The predicted molar refractivity (Wildman–Crippen MR) is 82.0 cm³/mol. The molecule has 0 aliphatic rings. The summed E-state index contributed by atoms with van der Waals surface area (Å²) in [5.74, 6) is -0.583. The molecular formula is C15H9N3O3S. The Bertz CT molecular complexity index is 899. The van der Waals surface area contributed by atoms with Crippen LogP contribution in [0.25, 0.3) is 21.6 Å². The van der Waals surface area contributed by atoms with E-state index < -0.39 is 5.97 Å². The number of esters is 1. The lowest BCUT2D eigenvalue weighted by atomic mass is 10.2. The summed E-state index contributed by atoms with van der Waals surface area (Å²) in [5, 5.41) is 0. The summed E-state index contributed by atoms with van der Waals surface area (Å²) in [7, 11) is 1.26. The fraction of sp³-hybridized carbons (Fsp3) is 0.0667. The van der Waals surface area contributed by atoms with Gasteiger partial charge in [0.05, 0.1) is 19.0 Å². The van der Waals surface area contributed by atoms with Crippen molar-refractivity contribution in [1.82, 2.24) is 9.97 Å². The van der Waals surface area contributed by atoms with E-state index in [1.807, 2.05) is 30.3 Å². The number of aromatic nitrogens is 2. The van der Waals surface area contributed by atoms with Gasteiger partial charge >= 0.3 is 5.97 Å². The van der Waals surface area contributed by atoms with Crippen molar-refractivity contribution in [3.05, 3.63) is 41.4 Å². The topological polar surface area (TPSA) is 81.5 Å². The van der Waals surface area contributed by atoms with Gasteiger partial charge in [0, 0.05) is 5.56 Å². The Morgan fingerprint density at radius 3 is 2.77 bits per heavy atom. The predicted octanol–water partition coefficient (Wildman–Crippen LogP) is 3.11. The maximum Gasteiger partial charge on any atom is 0.350 e. The largest absolute Gasteiger partial charge is 0.465 e. The van der Waals surface area contributed by atoms with E-state index in [2.05, 4.69) is 15.0 Å². The number of methoxy groups -OCH3 is 1. The second-order valence-corrected chi connectivity index (χ2v) is 5.25. The number of hydrogen-bond acceptors (Lipinski definition) is 7. The molecule has 22 heavy (non-hydrogen) atoms. The zero-order chi connectivity index (χ0) is 15.5. The van der Waals surface area contributed by atoms with Gasteiger partial charge in [-0.05, 0) is 0 Å². The van der Waals surface area contributed by atoms with Crippen molar-refractivity contribution < 1.29 is 14.3 Å². The minimum atomic E-state index is -0.583. The van der Waals surface area contributed by atoms with Gasteiger partial charge in [0.2, 0.25) is 6.08 Å². The normalized spacial score (nSPS) is 10.2. The molecule has 0 bridgehead atoms. The molecule has 0 aliphatic heterocycles. The zero-order valence-corrected chi connectivity index (χ0v) is 12.3. The number of rotatable bonds is 3. The Balaban J connectivity index is 2.25. The molecular weight excluding hydrogens is 302 g/mol. The Hall–Kier alpha value is -2.89. The van der Waals surface area contributed by atoms with Crippen molar-refractivity contribution >= 4 is 39.4 Å². The van der Waals surface area contributed by atoms with Crippen molar-refractivity contribution in [1.29, 1.82) is 0 Å². The van der Waals surface area contributed by atoms with Crippen molar-refractivity contribution in [2.24, 2.45) is 4.99 Å². The first-order valence-electron chi connectivity index (χ1n) is 6.25. The third-order valence-corrected chi connectivity index (χ3v) is 4.03. The molecule has 0 spiro atoms. The minimum absolute atomic E-state index is 0.145. The summed E-state index contributed by atoms with van der Waals surface area (Å²) in [6, 6.07) is 9.47. The van der Waals surface area contributed by atoms with E-state index in [0.717, 1.165) is 16.9 Å². The number of carbonyl (C=O) groups is 1. The first-order valence-corrected chi connectivity index (χ1v) is 7.07.